The van der Waals surface area contributed by atoms with Gasteiger partial charge in [-0.2, -0.15) is 0 Å². The van der Waals surface area contributed by atoms with E-state index in [0.717, 1.165) is 5.56 Å². The van der Waals surface area contributed by atoms with Gasteiger partial charge in [0.25, 0.3) is 0 Å². The molecule has 1 amide bonds. The summed E-state index contributed by atoms with van der Waals surface area (Å²) in [6.07, 6.45) is 0. The van der Waals surface area contributed by atoms with Crippen molar-refractivity contribution in [1.82, 2.24) is 10.6 Å². The van der Waals surface area contributed by atoms with E-state index < -0.39 is 17.7 Å². The number of ether oxygens (including phenoxy) is 1. The van der Waals surface area contributed by atoms with E-state index in [1.165, 1.54) is 0 Å². The van der Waals surface area contributed by atoms with E-state index in [0.29, 0.717) is 24.5 Å². The van der Waals surface area contributed by atoms with E-state index in [2.05, 4.69) is 10.6 Å². The Bertz CT molecular complexity index is 887. The second-order valence-corrected chi connectivity index (χ2v) is 7.12. The largest absolute Gasteiger partial charge is 0.378 e. The Morgan fingerprint density at radius 1 is 0.931 bits per heavy atom. The Labute approximate surface area is 170 Å². The third kappa shape index (κ3) is 3.93. The van der Waals surface area contributed by atoms with E-state index in [4.69, 9.17) is 4.74 Å². The van der Waals surface area contributed by atoms with Crippen LogP contribution in [0.25, 0.3) is 0 Å². The van der Waals surface area contributed by atoms with Crippen molar-refractivity contribution in [2.45, 2.75) is 17.7 Å². The second-order valence-electron chi connectivity index (χ2n) is 7.12. The Hall–Kier alpha value is -2.99. The van der Waals surface area contributed by atoms with Crippen molar-refractivity contribution in [3.8, 4) is 0 Å². The molecular formula is C24H24N2O3. The fourth-order valence-corrected chi connectivity index (χ4v) is 3.77. The Kier molecular flexibility index (Phi) is 5.71. The standard InChI is InChI=1S/C24H24N2O3/c27-23(21-16-29-17-25-21)26-22(18-10-4-1-5-11-18)24(28,19-12-6-2-7-13-19)20-14-8-3-9-15-20/h1-15,21-22,25,28H,16-17H2,(H,26,27)/t21-,22-/m0/s1. The van der Waals surface area contributed by atoms with Crippen LogP contribution >= 0.6 is 0 Å². The van der Waals surface area contributed by atoms with Gasteiger partial charge in [-0.15, -0.1) is 0 Å². The molecule has 4 rings (SSSR count). The molecule has 0 bridgehead atoms. The number of amides is 1. The van der Waals surface area contributed by atoms with E-state index in [-0.39, 0.29) is 5.91 Å². The summed E-state index contributed by atoms with van der Waals surface area (Å²) in [6, 6.07) is 27.3. The Balaban J connectivity index is 1.83. The number of hydrogen-bond donors (Lipinski definition) is 3. The lowest BCUT2D eigenvalue weighted by Gasteiger charge is -2.38. The van der Waals surface area contributed by atoms with Crippen LogP contribution in [0.2, 0.25) is 0 Å². The van der Waals surface area contributed by atoms with Gasteiger partial charge in [-0.25, -0.2) is 0 Å². The van der Waals surface area contributed by atoms with Crippen LogP contribution < -0.4 is 10.6 Å². The van der Waals surface area contributed by atoms with E-state index in [9.17, 15) is 9.90 Å². The number of carbonyl (C=O) groups is 1. The van der Waals surface area contributed by atoms with Crippen molar-refractivity contribution in [1.29, 1.82) is 0 Å². The first-order valence-corrected chi connectivity index (χ1v) is 9.69. The van der Waals surface area contributed by atoms with Gasteiger partial charge in [-0.05, 0) is 16.7 Å². The van der Waals surface area contributed by atoms with Crippen molar-refractivity contribution in [3.63, 3.8) is 0 Å². The maximum absolute atomic E-state index is 13.0. The van der Waals surface area contributed by atoms with Crippen molar-refractivity contribution in [3.05, 3.63) is 108 Å². The quantitative estimate of drug-likeness (QED) is 0.607. The molecule has 1 heterocycles. The molecule has 0 aliphatic carbocycles. The summed E-state index contributed by atoms with van der Waals surface area (Å²) in [5, 5.41) is 18.3. The van der Waals surface area contributed by atoms with Crippen LogP contribution in [-0.2, 0) is 15.1 Å². The van der Waals surface area contributed by atoms with Gasteiger partial charge in [0.15, 0.2) is 0 Å². The number of hydrogen-bond acceptors (Lipinski definition) is 4. The summed E-state index contributed by atoms with van der Waals surface area (Å²) in [6.45, 7) is 0.651. The Morgan fingerprint density at radius 2 is 1.45 bits per heavy atom. The first-order valence-electron chi connectivity index (χ1n) is 9.69. The maximum Gasteiger partial charge on any atom is 0.240 e. The lowest BCUT2D eigenvalue weighted by molar-refractivity contribution is -0.125. The molecule has 3 aromatic rings. The molecule has 5 heteroatoms. The van der Waals surface area contributed by atoms with Crippen molar-refractivity contribution >= 4 is 5.91 Å². The molecule has 3 aromatic carbocycles. The second kappa shape index (κ2) is 8.57. The highest BCUT2D eigenvalue weighted by Gasteiger charge is 2.43. The molecule has 0 radical (unpaired) electrons. The molecule has 29 heavy (non-hydrogen) atoms. The van der Waals surface area contributed by atoms with E-state index in [1.807, 2.05) is 91.0 Å². The van der Waals surface area contributed by atoms with Crippen LogP contribution in [0.1, 0.15) is 22.7 Å². The average molecular weight is 388 g/mol. The van der Waals surface area contributed by atoms with Gasteiger partial charge < -0.3 is 15.2 Å². The normalized spacial score (nSPS) is 17.6. The third-order valence-corrected chi connectivity index (χ3v) is 5.30. The summed E-state index contributed by atoms with van der Waals surface area (Å²) in [5.41, 5.74) is 0.765. The topological polar surface area (TPSA) is 70.6 Å². The van der Waals surface area contributed by atoms with Gasteiger partial charge in [0.2, 0.25) is 5.91 Å². The minimum absolute atomic E-state index is 0.207. The molecule has 1 aliphatic rings. The van der Waals surface area contributed by atoms with Crippen LogP contribution in [0, 0.1) is 0 Å². The van der Waals surface area contributed by atoms with Gasteiger partial charge in [0, 0.05) is 0 Å². The predicted molar refractivity (Wildman–Crippen MR) is 111 cm³/mol. The zero-order valence-corrected chi connectivity index (χ0v) is 16.0. The molecular weight excluding hydrogens is 364 g/mol. The minimum Gasteiger partial charge on any atom is -0.378 e. The molecule has 1 saturated heterocycles. The van der Waals surface area contributed by atoms with Gasteiger partial charge in [-0.1, -0.05) is 91.0 Å². The number of carbonyl (C=O) groups excluding carboxylic acids is 1. The smallest absolute Gasteiger partial charge is 0.240 e. The summed E-state index contributed by atoms with van der Waals surface area (Å²) >= 11 is 0. The highest BCUT2D eigenvalue weighted by molar-refractivity contribution is 5.83. The predicted octanol–water partition coefficient (Wildman–Crippen LogP) is 2.73. The molecule has 0 spiro atoms. The van der Waals surface area contributed by atoms with E-state index in [1.54, 1.807) is 0 Å². The minimum atomic E-state index is -1.46. The number of benzene rings is 3. The molecule has 0 aromatic heterocycles. The average Bonchev–Trinajstić information content (AvgIpc) is 3.34. The lowest BCUT2D eigenvalue weighted by Crippen LogP contribution is -2.50. The van der Waals surface area contributed by atoms with Gasteiger partial charge in [0.05, 0.1) is 19.4 Å². The molecule has 1 aliphatic heterocycles. The number of rotatable bonds is 6. The first-order chi connectivity index (χ1) is 14.2. The third-order valence-electron chi connectivity index (χ3n) is 5.30. The first kappa shape index (κ1) is 19.3. The van der Waals surface area contributed by atoms with Crippen LogP contribution in [0.3, 0.4) is 0 Å². The molecule has 3 N–H and O–H groups in total. The fraction of sp³-hybridized carbons (Fsp3) is 0.208. The summed E-state index contributed by atoms with van der Waals surface area (Å²) in [7, 11) is 0. The van der Waals surface area contributed by atoms with Crippen molar-refractivity contribution in [2.24, 2.45) is 0 Å². The zero-order valence-electron chi connectivity index (χ0n) is 16.0. The summed E-state index contributed by atoms with van der Waals surface area (Å²) in [4.78, 5) is 13.0. The van der Waals surface area contributed by atoms with Crippen LogP contribution in [-0.4, -0.2) is 30.4 Å². The molecule has 148 valence electrons. The molecule has 0 unspecified atom stereocenters. The SMILES string of the molecule is O=C(N[C@@H](c1ccccc1)C(O)(c1ccccc1)c1ccccc1)[C@@H]1COCN1. The molecule has 0 saturated carbocycles. The van der Waals surface area contributed by atoms with Crippen LogP contribution in [0.15, 0.2) is 91.0 Å². The monoisotopic (exact) mass is 388 g/mol. The molecule has 2 atom stereocenters. The lowest BCUT2D eigenvalue weighted by atomic mass is 9.77. The van der Waals surface area contributed by atoms with Crippen LogP contribution in [0.5, 0.6) is 0 Å². The highest BCUT2D eigenvalue weighted by Crippen LogP contribution is 2.41. The van der Waals surface area contributed by atoms with Crippen molar-refractivity contribution < 1.29 is 14.6 Å². The summed E-state index contributed by atoms with van der Waals surface area (Å²) in [5.74, 6) is -0.207. The van der Waals surface area contributed by atoms with Crippen molar-refractivity contribution in [2.75, 3.05) is 13.3 Å². The van der Waals surface area contributed by atoms with E-state index >= 15 is 0 Å². The highest BCUT2D eigenvalue weighted by atomic mass is 16.5. The molecule has 1 fully saturated rings. The fourth-order valence-electron chi connectivity index (χ4n) is 3.77. The summed E-state index contributed by atoms with van der Waals surface area (Å²) < 4.78 is 5.29. The maximum atomic E-state index is 13.0. The number of nitrogens with one attached hydrogen (secondary N) is 2. The molecule has 5 nitrogen and oxygen atoms in total. The number of aliphatic hydroxyl groups is 1. The van der Waals surface area contributed by atoms with Crippen LogP contribution in [0.4, 0.5) is 0 Å². The zero-order chi connectivity index (χ0) is 20.1. The van der Waals surface area contributed by atoms with Gasteiger partial charge >= 0.3 is 0 Å². The van der Waals surface area contributed by atoms with Gasteiger partial charge in [0.1, 0.15) is 11.6 Å². The Morgan fingerprint density at radius 3 is 1.93 bits per heavy atom. The van der Waals surface area contributed by atoms with Gasteiger partial charge in [-0.3, -0.25) is 10.1 Å².